The predicted octanol–water partition coefficient (Wildman–Crippen LogP) is 1.95. The largest absolute Gasteiger partial charge is 1.00 e. The molecule has 180 valence electrons. The maximum absolute atomic E-state index is 11.5. The number of fused-ring (bicyclic) bond motifs is 3. The van der Waals surface area contributed by atoms with Gasteiger partial charge in [0, 0.05) is 16.5 Å². The zero-order valence-electron chi connectivity index (χ0n) is 20.7. The van der Waals surface area contributed by atoms with Gasteiger partial charge in [-0.05, 0) is 98.9 Å². The monoisotopic (exact) mass is 566 g/mol. The average Bonchev–Trinajstić information content (AvgIpc) is 2.79. The minimum atomic E-state index is -4.77. The first kappa shape index (κ1) is 30.8. The summed E-state index contributed by atoms with van der Waals surface area (Å²) in [5, 5.41) is 0.751. The first-order chi connectivity index (χ1) is 16.3. The molecule has 2 aromatic rings. The number of benzene rings is 2. The van der Waals surface area contributed by atoms with Crippen molar-refractivity contribution >= 4 is 36.8 Å². The Morgan fingerprint density at radius 2 is 1.67 bits per heavy atom. The Hall–Kier alpha value is 0.250. The quantitative estimate of drug-likeness (QED) is 0.250. The summed E-state index contributed by atoms with van der Waals surface area (Å²) < 4.78 is 23.0. The molecule has 0 radical (unpaired) electrons. The van der Waals surface area contributed by atoms with Crippen molar-refractivity contribution in [3.63, 3.8) is 0 Å². The van der Waals surface area contributed by atoms with E-state index in [-0.39, 0.29) is 69.9 Å². The number of phosphoric acid groups is 1. The zero-order valence-corrected chi connectivity index (χ0v) is 27.1. The van der Waals surface area contributed by atoms with E-state index >= 15 is 0 Å². The van der Waals surface area contributed by atoms with Crippen molar-refractivity contribution in [1.82, 2.24) is 0 Å². The van der Waals surface area contributed by atoms with Crippen LogP contribution in [0.1, 0.15) is 56.9 Å². The van der Waals surface area contributed by atoms with E-state index in [1.165, 1.54) is 31.3 Å². The molecule has 36 heavy (non-hydrogen) atoms. The maximum Gasteiger partial charge on any atom is 1.00 e. The number of allylic oxidation sites excluding steroid dienone is 3. The Kier molecular flexibility index (Phi) is 11.2. The maximum atomic E-state index is 11.5. The second-order valence-electron chi connectivity index (χ2n) is 9.29. The second-order valence-corrected chi connectivity index (χ2v) is 11.3. The molecule has 0 saturated heterocycles. The van der Waals surface area contributed by atoms with Gasteiger partial charge in [0.2, 0.25) is 0 Å². The summed E-state index contributed by atoms with van der Waals surface area (Å²) in [6.07, 6.45) is 9.29. The van der Waals surface area contributed by atoms with Crippen LogP contribution in [-0.4, -0.2) is 9.79 Å². The molecule has 0 spiro atoms. The van der Waals surface area contributed by atoms with Crippen molar-refractivity contribution in [1.29, 1.82) is 0 Å². The van der Waals surface area contributed by atoms with E-state index in [0.29, 0.717) is 28.2 Å². The van der Waals surface area contributed by atoms with Gasteiger partial charge in [-0.1, -0.05) is 40.8 Å². The van der Waals surface area contributed by atoms with Crippen LogP contribution in [0.5, 0.6) is 11.5 Å². The van der Waals surface area contributed by atoms with Crippen molar-refractivity contribution in [3.8, 4) is 11.5 Å². The Morgan fingerprint density at radius 3 is 2.39 bits per heavy atom. The first-order valence-corrected chi connectivity index (χ1v) is 14.0. The SMILES string of the molecule is O=P(O)(O)Oc1cc(/C(Oc2ccc(Cl)cc2)=C2/C3CCCC2C2=C(CCCC2)C3)ccc1Cl.[Na+].[Na+]. The molecule has 0 aliphatic heterocycles. The number of hydrogen-bond acceptors (Lipinski definition) is 3. The fourth-order valence-corrected chi connectivity index (χ4v) is 6.51. The van der Waals surface area contributed by atoms with Crippen molar-refractivity contribution in [2.45, 2.75) is 51.4 Å². The summed E-state index contributed by atoms with van der Waals surface area (Å²) in [5.41, 5.74) is 5.19. The molecule has 3 aliphatic carbocycles. The van der Waals surface area contributed by atoms with Crippen LogP contribution in [0.25, 0.3) is 5.76 Å². The molecule has 3 aliphatic rings. The van der Waals surface area contributed by atoms with E-state index in [1.54, 1.807) is 35.4 Å². The summed E-state index contributed by atoms with van der Waals surface area (Å²) in [4.78, 5) is 18.7. The van der Waals surface area contributed by atoms with Gasteiger partial charge in [-0.2, -0.15) is 0 Å². The van der Waals surface area contributed by atoms with Gasteiger partial charge in [0.1, 0.15) is 11.5 Å². The molecular weight excluding hydrogens is 540 g/mol. The van der Waals surface area contributed by atoms with Crippen LogP contribution in [0, 0.1) is 11.8 Å². The zero-order chi connectivity index (χ0) is 23.9. The molecule has 0 aromatic heterocycles. The van der Waals surface area contributed by atoms with Gasteiger partial charge in [-0.3, -0.25) is 9.79 Å². The fourth-order valence-electron chi connectivity index (χ4n) is 5.77. The van der Waals surface area contributed by atoms with E-state index < -0.39 is 7.82 Å². The minimum absolute atomic E-state index is 0. The van der Waals surface area contributed by atoms with Gasteiger partial charge < -0.3 is 9.26 Å². The van der Waals surface area contributed by atoms with Crippen LogP contribution in [0.15, 0.2) is 59.2 Å². The molecule has 5 rings (SSSR count). The molecule has 1 saturated carbocycles. The van der Waals surface area contributed by atoms with E-state index in [9.17, 15) is 14.4 Å². The molecule has 2 bridgehead atoms. The number of hydrogen-bond donors (Lipinski definition) is 2. The van der Waals surface area contributed by atoms with Crippen molar-refractivity contribution in [3.05, 3.63) is 74.8 Å². The van der Waals surface area contributed by atoms with Crippen LogP contribution in [0.4, 0.5) is 0 Å². The van der Waals surface area contributed by atoms with E-state index in [2.05, 4.69) is 0 Å². The van der Waals surface area contributed by atoms with Crippen molar-refractivity contribution in [2.75, 3.05) is 0 Å². The molecule has 5 nitrogen and oxygen atoms in total. The Morgan fingerprint density at radius 1 is 0.944 bits per heavy atom. The van der Waals surface area contributed by atoms with Crippen molar-refractivity contribution < 1.29 is 82.7 Å². The van der Waals surface area contributed by atoms with E-state index in [4.69, 9.17) is 32.5 Å². The summed E-state index contributed by atoms with van der Waals surface area (Å²) in [7, 11) is -4.77. The fraction of sp³-hybridized carbons (Fsp3) is 0.385. The molecule has 0 heterocycles. The average molecular weight is 567 g/mol. The standard InChI is InChI=1S/C26H27Cl2O5P.2Na/c27-19-9-11-20(12-10-19)32-26(18-8-13-23(28)24(15-18)33-34(29,30)31)25-17-5-3-7-22(25)21-6-2-1-4-16(21)14-17;;/h8-13,15,17,22H,1-7,14H2,(H2,29,30,31);;/q;2*+1/b26-25+;;. The van der Waals surface area contributed by atoms with Crippen LogP contribution in [0.2, 0.25) is 10.0 Å². The molecule has 2 aromatic carbocycles. The van der Waals surface area contributed by atoms with Crippen LogP contribution < -0.4 is 68.4 Å². The smallest absolute Gasteiger partial charge is 0.457 e. The summed E-state index contributed by atoms with van der Waals surface area (Å²) >= 11 is 12.3. The van der Waals surface area contributed by atoms with Gasteiger partial charge >= 0.3 is 66.9 Å². The Labute approximate surface area is 266 Å². The molecule has 0 amide bonds. The Bertz CT molecular complexity index is 1210. The van der Waals surface area contributed by atoms with Gasteiger partial charge in [0.15, 0.2) is 5.75 Å². The second kappa shape index (κ2) is 13.1. The minimum Gasteiger partial charge on any atom is -0.457 e. The number of phosphoric ester groups is 1. The number of halogens is 2. The predicted molar refractivity (Wildman–Crippen MR) is 134 cm³/mol. The van der Waals surface area contributed by atoms with Gasteiger partial charge in [-0.15, -0.1) is 0 Å². The van der Waals surface area contributed by atoms with Gasteiger partial charge in [0.05, 0.1) is 5.02 Å². The number of rotatable bonds is 5. The van der Waals surface area contributed by atoms with Crippen molar-refractivity contribution in [2.24, 2.45) is 11.8 Å². The molecule has 10 heteroatoms. The van der Waals surface area contributed by atoms with Gasteiger partial charge in [-0.25, -0.2) is 4.57 Å². The van der Waals surface area contributed by atoms with Crippen LogP contribution in [0.3, 0.4) is 0 Å². The van der Waals surface area contributed by atoms with E-state index in [0.717, 1.165) is 31.4 Å². The van der Waals surface area contributed by atoms with Crippen LogP contribution >= 0.6 is 31.0 Å². The third-order valence-corrected chi connectivity index (χ3v) is 8.11. The van der Waals surface area contributed by atoms with Gasteiger partial charge in [0.25, 0.3) is 0 Å². The Balaban J connectivity index is 0.00000180. The molecular formula is C26H27Cl2Na2O5P+2. The first-order valence-electron chi connectivity index (χ1n) is 11.7. The van der Waals surface area contributed by atoms with E-state index in [1.807, 2.05) is 18.2 Å². The normalized spacial score (nSPS) is 22.6. The molecule has 2 unspecified atom stereocenters. The van der Waals surface area contributed by atoms with Crippen LogP contribution in [-0.2, 0) is 4.57 Å². The third-order valence-electron chi connectivity index (χ3n) is 7.11. The summed E-state index contributed by atoms with van der Waals surface area (Å²) in [5.74, 6) is 2.04. The molecule has 1 fully saturated rings. The molecule has 2 N–H and O–H groups in total. The summed E-state index contributed by atoms with van der Waals surface area (Å²) in [6, 6.07) is 12.2. The summed E-state index contributed by atoms with van der Waals surface area (Å²) in [6.45, 7) is 0. The third kappa shape index (κ3) is 7.06. The number of ether oxygens (including phenoxy) is 1. The topological polar surface area (TPSA) is 76.0 Å². The molecule has 2 atom stereocenters.